The Kier molecular flexibility index (Phi) is 16.2. The number of thioether (sulfide) groups is 1. The Morgan fingerprint density at radius 3 is 2.36 bits per heavy atom. The highest BCUT2D eigenvalue weighted by molar-refractivity contribution is 7.99. The average molecular weight is 754 g/mol. The maximum atomic E-state index is 15.4. The van der Waals surface area contributed by atoms with Gasteiger partial charge in [0.05, 0.1) is 10.7 Å². The second kappa shape index (κ2) is 19.3. The Hall–Kier alpha value is -2.54. The Morgan fingerprint density at radius 2 is 1.82 bits per heavy atom. The molecule has 13 heteroatoms. The van der Waals surface area contributed by atoms with Crippen LogP contribution in [0, 0.1) is 17.6 Å². The van der Waals surface area contributed by atoms with Gasteiger partial charge in [0.2, 0.25) is 6.41 Å². The van der Waals surface area contributed by atoms with Crippen LogP contribution in [0.1, 0.15) is 66.4 Å². The van der Waals surface area contributed by atoms with Crippen molar-refractivity contribution < 1.29 is 23.1 Å². The number of carbonyl (C=O) groups excluding carboxylic acids is 2. The van der Waals surface area contributed by atoms with Gasteiger partial charge in [-0.25, -0.2) is 13.6 Å². The molecule has 2 fully saturated rings. The van der Waals surface area contributed by atoms with E-state index in [1.807, 2.05) is 34.6 Å². The Labute approximate surface area is 312 Å². The number of carbonyl (C=O) groups is 2. The van der Waals surface area contributed by atoms with E-state index in [1.54, 1.807) is 29.2 Å². The first-order valence-electron chi connectivity index (χ1n) is 17.4. The van der Waals surface area contributed by atoms with Crippen LogP contribution in [0.2, 0.25) is 5.02 Å². The SMILES string of the molecule is CCSc1c(-c2ccc(F)cc2F)c(Cl)cc(C(=NC)N2CCN(C(=O)OC(C)(C)C)CC2C)c1N(C=O)CCC1CCN(CC)CC1.CS. The number of amidine groups is 1. The second-order valence-corrected chi connectivity index (χ2v) is 15.2. The number of nitrogens with zero attached hydrogens (tertiary/aromatic N) is 5. The molecule has 2 aromatic carbocycles. The molecule has 0 aromatic heterocycles. The van der Waals surface area contributed by atoms with Gasteiger partial charge >= 0.3 is 6.09 Å². The summed E-state index contributed by atoms with van der Waals surface area (Å²) < 4.78 is 35.1. The zero-order valence-corrected chi connectivity index (χ0v) is 33.2. The number of amides is 2. The zero-order valence-electron chi connectivity index (χ0n) is 30.8. The van der Waals surface area contributed by atoms with Crippen LogP contribution in [-0.2, 0) is 9.53 Å². The summed E-state index contributed by atoms with van der Waals surface area (Å²) in [5, 5.41) is 0.272. The lowest BCUT2D eigenvalue weighted by molar-refractivity contribution is -0.107. The van der Waals surface area contributed by atoms with E-state index in [-0.39, 0.29) is 22.7 Å². The van der Waals surface area contributed by atoms with Crippen molar-refractivity contribution in [3.63, 3.8) is 0 Å². The molecular weight excluding hydrogens is 700 g/mol. The molecule has 1 unspecified atom stereocenters. The summed E-state index contributed by atoms with van der Waals surface area (Å²) in [6, 6.07) is 5.08. The van der Waals surface area contributed by atoms with Crippen molar-refractivity contribution in [1.29, 1.82) is 0 Å². The van der Waals surface area contributed by atoms with E-state index >= 15 is 4.39 Å². The van der Waals surface area contributed by atoms with Gasteiger partial charge < -0.3 is 24.3 Å². The van der Waals surface area contributed by atoms with E-state index in [2.05, 4.69) is 29.4 Å². The van der Waals surface area contributed by atoms with Gasteiger partial charge in [-0.15, -0.1) is 11.8 Å². The number of halogens is 3. The topological polar surface area (TPSA) is 68.7 Å². The van der Waals surface area contributed by atoms with Gasteiger partial charge in [0.15, 0.2) is 0 Å². The quantitative estimate of drug-likeness (QED) is 0.0866. The third kappa shape index (κ3) is 10.5. The zero-order chi connectivity index (χ0) is 37.2. The molecule has 50 heavy (non-hydrogen) atoms. The number of anilines is 1. The van der Waals surface area contributed by atoms with Crippen molar-refractivity contribution in [3.8, 4) is 11.1 Å². The Bertz CT molecular complexity index is 1480. The minimum atomic E-state index is -0.731. The smallest absolute Gasteiger partial charge is 0.410 e. The molecule has 0 spiro atoms. The Balaban J connectivity index is 0.00000332. The predicted octanol–water partition coefficient (Wildman–Crippen LogP) is 8.35. The average Bonchev–Trinajstić information content (AvgIpc) is 3.08. The van der Waals surface area contributed by atoms with Gasteiger partial charge in [0, 0.05) is 66.9 Å². The van der Waals surface area contributed by atoms with E-state index in [0.717, 1.165) is 51.4 Å². The van der Waals surface area contributed by atoms with E-state index < -0.39 is 17.2 Å². The summed E-state index contributed by atoms with van der Waals surface area (Å²) in [6.07, 6.45) is 5.13. The van der Waals surface area contributed by atoms with Gasteiger partial charge in [0.25, 0.3) is 0 Å². The fourth-order valence-corrected chi connectivity index (χ4v) is 7.98. The molecule has 0 saturated carbocycles. The summed E-state index contributed by atoms with van der Waals surface area (Å²) >= 11 is 12.0. The predicted molar refractivity (Wildman–Crippen MR) is 207 cm³/mol. The third-order valence-corrected chi connectivity index (χ3v) is 10.3. The monoisotopic (exact) mass is 753 g/mol. The molecule has 4 rings (SSSR count). The number of ether oxygens (including phenoxy) is 1. The van der Waals surface area contributed by atoms with Gasteiger partial charge in [-0.1, -0.05) is 25.4 Å². The highest BCUT2D eigenvalue weighted by atomic mass is 35.5. The van der Waals surface area contributed by atoms with Crippen LogP contribution in [0.5, 0.6) is 0 Å². The molecule has 0 radical (unpaired) electrons. The lowest BCUT2D eigenvalue weighted by Gasteiger charge is -2.42. The van der Waals surface area contributed by atoms with Crippen LogP contribution in [0.4, 0.5) is 19.3 Å². The van der Waals surface area contributed by atoms with Gasteiger partial charge in [-0.2, -0.15) is 12.6 Å². The molecule has 278 valence electrons. The lowest BCUT2D eigenvalue weighted by Crippen LogP contribution is -2.56. The van der Waals surface area contributed by atoms with Crippen molar-refractivity contribution >= 4 is 60.0 Å². The number of piperazine rings is 1. The molecular formula is C37H54ClF2N5O3S2. The van der Waals surface area contributed by atoms with E-state index in [4.69, 9.17) is 21.3 Å². The van der Waals surface area contributed by atoms with Crippen LogP contribution < -0.4 is 4.90 Å². The number of hydrogen-bond acceptors (Lipinski definition) is 7. The number of rotatable bonds is 10. The highest BCUT2D eigenvalue weighted by Crippen LogP contribution is 2.47. The highest BCUT2D eigenvalue weighted by Gasteiger charge is 2.35. The van der Waals surface area contributed by atoms with Crippen molar-refractivity contribution in [1.82, 2.24) is 14.7 Å². The number of hydrogen-bond donors (Lipinski definition) is 1. The van der Waals surface area contributed by atoms with Gasteiger partial charge in [-0.05, 0) is 103 Å². The molecule has 0 N–H and O–H groups in total. The standard InChI is InChI=1S/C36H50ClF2N5O3S.CH4S/c1-8-41-15-12-25(13-16-41)14-17-43(23-45)32-28(21-29(37)31(33(32)48-9-2)27-11-10-26(38)20-30(27)39)34(40-7)44-19-18-42(22-24(44)3)35(46)47-36(4,5)6;1-2/h10-11,20-21,23-25H,8-9,12-19,22H2,1-7H3;2H,1H3. The molecule has 2 amide bonds. The van der Waals surface area contributed by atoms with E-state index in [0.29, 0.717) is 65.4 Å². The number of benzene rings is 2. The van der Waals surface area contributed by atoms with E-state index in [9.17, 15) is 14.0 Å². The third-order valence-electron chi connectivity index (χ3n) is 9.05. The molecule has 0 aliphatic carbocycles. The number of thiol groups is 1. The van der Waals surface area contributed by atoms with Crippen molar-refractivity contribution in [3.05, 3.63) is 46.5 Å². The number of likely N-dealkylation sites (tertiary alicyclic amines) is 1. The van der Waals surface area contributed by atoms with Crippen LogP contribution in [0.15, 0.2) is 34.2 Å². The molecule has 0 bridgehead atoms. The van der Waals surface area contributed by atoms with Crippen molar-refractivity contribution in [2.45, 2.75) is 77.3 Å². The van der Waals surface area contributed by atoms with Crippen LogP contribution in [0.3, 0.4) is 0 Å². The lowest BCUT2D eigenvalue weighted by atomic mass is 9.93. The molecule has 2 heterocycles. The largest absolute Gasteiger partial charge is 0.444 e. The first-order chi connectivity index (χ1) is 23.8. The van der Waals surface area contributed by atoms with Crippen LogP contribution in [0.25, 0.3) is 11.1 Å². The first kappa shape index (κ1) is 41.9. The number of piperidine rings is 1. The Morgan fingerprint density at radius 1 is 1.14 bits per heavy atom. The molecule has 2 aliphatic heterocycles. The second-order valence-electron chi connectivity index (χ2n) is 13.5. The number of aliphatic imine (C=N–C) groups is 1. The summed E-state index contributed by atoms with van der Waals surface area (Å²) in [5.41, 5.74) is 1.23. The molecule has 2 aliphatic rings. The normalized spacial score (nSPS) is 17.7. The van der Waals surface area contributed by atoms with Crippen molar-refractivity contribution in [2.24, 2.45) is 10.9 Å². The minimum absolute atomic E-state index is 0.137. The fourth-order valence-electron chi connectivity index (χ4n) is 6.60. The molecule has 2 aromatic rings. The van der Waals surface area contributed by atoms with Crippen LogP contribution in [-0.4, -0.2) is 110 Å². The van der Waals surface area contributed by atoms with Crippen molar-refractivity contribution in [2.75, 3.05) is 69.8 Å². The van der Waals surface area contributed by atoms with Gasteiger partial charge in [0.1, 0.15) is 23.1 Å². The maximum Gasteiger partial charge on any atom is 0.410 e. The van der Waals surface area contributed by atoms with Gasteiger partial charge in [-0.3, -0.25) is 9.79 Å². The van der Waals surface area contributed by atoms with E-state index in [1.165, 1.54) is 23.9 Å². The molecule has 1 atom stereocenters. The summed E-state index contributed by atoms with van der Waals surface area (Å²) in [5.74, 6) is 0.300. The van der Waals surface area contributed by atoms with Crippen LogP contribution >= 0.6 is 36.0 Å². The summed E-state index contributed by atoms with van der Waals surface area (Å²) in [7, 11) is 1.70. The fraction of sp³-hybridized carbons (Fsp3) is 0.595. The summed E-state index contributed by atoms with van der Waals surface area (Å²) in [6.45, 7) is 16.6. The molecule has 8 nitrogen and oxygen atoms in total. The summed E-state index contributed by atoms with van der Waals surface area (Å²) in [4.78, 5) is 39.3. The molecule has 2 saturated heterocycles. The maximum absolute atomic E-state index is 15.4. The first-order valence-corrected chi connectivity index (χ1v) is 19.6. The minimum Gasteiger partial charge on any atom is -0.444 e.